The molecule has 0 aliphatic carbocycles. The number of amides is 1. The van der Waals surface area contributed by atoms with Crippen molar-refractivity contribution >= 4 is 11.6 Å². The third-order valence-corrected chi connectivity index (χ3v) is 4.07. The van der Waals surface area contributed by atoms with Crippen molar-refractivity contribution < 1.29 is 13.9 Å². The van der Waals surface area contributed by atoms with Crippen molar-refractivity contribution in [1.29, 1.82) is 0 Å². The zero-order chi connectivity index (χ0) is 18.7. The van der Waals surface area contributed by atoms with E-state index in [2.05, 4.69) is 10.4 Å². The molecule has 6 heteroatoms. The van der Waals surface area contributed by atoms with E-state index in [4.69, 9.17) is 4.74 Å². The summed E-state index contributed by atoms with van der Waals surface area (Å²) in [6, 6.07) is 13.7. The number of nitrogens with one attached hydrogen (secondary N) is 1. The number of hydrogen-bond donors (Lipinski definition) is 1. The second-order valence-electron chi connectivity index (χ2n) is 5.90. The van der Waals surface area contributed by atoms with Crippen LogP contribution in [-0.2, 0) is 6.54 Å². The van der Waals surface area contributed by atoms with Crippen molar-refractivity contribution in [3.8, 4) is 17.0 Å². The first-order chi connectivity index (χ1) is 12.5. The molecule has 2 aromatic carbocycles. The lowest BCUT2D eigenvalue weighted by atomic mass is 10.1. The number of ether oxygens (including phenoxy) is 1. The molecule has 5 nitrogen and oxygen atoms in total. The summed E-state index contributed by atoms with van der Waals surface area (Å²) in [5.41, 5.74) is 2.94. The first-order valence-electron chi connectivity index (χ1n) is 8.31. The topological polar surface area (TPSA) is 56.2 Å². The Morgan fingerprint density at radius 2 is 1.92 bits per heavy atom. The average Bonchev–Trinajstić information content (AvgIpc) is 3.07. The fourth-order valence-electron chi connectivity index (χ4n) is 2.65. The van der Waals surface area contributed by atoms with Crippen LogP contribution in [0, 0.1) is 12.7 Å². The number of benzene rings is 2. The van der Waals surface area contributed by atoms with Crippen LogP contribution in [0.15, 0.2) is 48.5 Å². The fraction of sp³-hybridized carbons (Fsp3) is 0.200. The van der Waals surface area contributed by atoms with E-state index in [0.717, 1.165) is 5.56 Å². The van der Waals surface area contributed by atoms with E-state index >= 15 is 0 Å². The zero-order valence-corrected chi connectivity index (χ0v) is 14.9. The number of anilines is 1. The van der Waals surface area contributed by atoms with Gasteiger partial charge < -0.3 is 10.1 Å². The Hall–Kier alpha value is -3.15. The maximum absolute atomic E-state index is 14.4. The SMILES string of the molecule is CCn1nc(C(=O)Nc2ccc(C)cc2)cc1-c1ccc(OC)cc1F. The van der Waals surface area contributed by atoms with E-state index in [1.165, 1.54) is 13.2 Å². The zero-order valence-electron chi connectivity index (χ0n) is 14.9. The molecule has 1 amide bonds. The third-order valence-electron chi connectivity index (χ3n) is 4.07. The minimum atomic E-state index is -0.426. The first-order valence-corrected chi connectivity index (χ1v) is 8.31. The molecular weight excluding hydrogens is 333 g/mol. The minimum absolute atomic E-state index is 0.234. The van der Waals surface area contributed by atoms with Crippen molar-refractivity contribution in [2.75, 3.05) is 12.4 Å². The van der Waals surface area contributed by atoms with Gasteiger partial charge in [0.05, 0.1) is 12.8 Å². The highest BCUT2D eigenvalue weighted by Crippen LogP contribution is 2.27. The van der Waals surface area contributed by atoms with Crippen LogP contribution in [0.1, 0.15) is 23.0 Å². The molecule has 3 rings (SSSR count). The lowest BCUT2D eigenvalue weighted by Gasteiger charge is -2.07. The number of carbonyl (C=O) groups is 1. The maximum atomic E-state index is 14.4. The monoisotopic (exact) mass is 353 g/mol. The molecule has 0 fully saturated rings. The highest BCUT2D eigenvalue weighted by molar-refractivity contribution is 6.03. The average molecular weight is 353 g/mol. The summed E-state index contributed by atoms with van der Waals surface area (Å²) in [6.07, 6.45) is 0. The van der Waals surface area contributed by atoms with E-state index in [1.54, 1.807) is 22.9 Å². The molecule has 1 aromatic heterocycles. The van der Waals surface area contributed by atoms with Crippen LogP contribution in [0.4, 0.5) is 10.1 Å². The molecule has 0 bridgehead atoms. The molecule has 134 valence electrons. The molecule has 1 heterocycles. The van der Waals surface area contributed by atoms with Gasteiger partial charge in [-0.2, -0.15) is 5.10 Å². The van der Waals surface area contributed by atoms with Gasteiger partial charge >= 0.3 is 0 Å². The molecule has 0 unspecified atom stereocenters. The van der Waals surface area contributed by atoms with Gasteiger partial charge in [-0.1, -0.05) is 17.7 Å². The number of aromatic nitrogens is 2. The van der Waals surface area contributed by atoms with Crippen molar-refractivity contribution in [3.63, 3.8) is 0 Å². The second-order valence-corrected chi connectivity index (χ2v) is 5.90. The Balaban J connectivity index is 1.91. The number of halogens is 1. The smallest absolute Gasteiger partial charge is 0.276 e. The van der Waals surface area contributed by atoms with Crippen LogP contribution < -0.4 is 10.1 Å². The molecule has 0 aliphatic rings. The molecule has 0 atom stereocenters. The maximum Gasteiger partial charge on any atom is 0.276 e. The normalized spacial score (nSPS) is 10.6. The van der Waals surface area contributed by atoms with Gasteiger partial charge in [-0.05, 0) is 44.2 Å². The standard InChI is InChI=1S/C20H20FN3O2/c1-4-24-19(16-10-9-15(26-3)11-17(16)21)12-18(23-24)20(25)22-14-7-5-13(2)6-8-14/h5-12H,4H2,1-3H3,(H,22,25). The van der Waals surface area contributed by atoms with Crippen LogP contribution in [-0.4, -0.2) is 22.8 Å². The fourth-order valence-corrected chi connectivity index (χ4v) is 2.65. The summed E-state index contributed by atoms with van der Waals surface area (Å²) in [7, 11) is 1.48. The van der Waals surface area contributed by atoms with Gasteiger partial charge in [-0.3, -0.25) is 9.48 Å². The molecule has 0 radical (unpaired) electrons. The van der Waals surface area contributed by atoms with Crippen molar-refractivity contribution in [3.05, 3.63) is 65.6 Å². The molecular formula is C20H20FN3O2. The molecule has 0 aliphatic heterocycles. The summed E-state index contributed by atoms with van der Waals surface area (Å²) in [4.78, 5) is 12.5. The predicted molar refractivity (Wildman–Crippen MR) is 99.0 cm³/mol. The van der Waals surface area contributed by atoms with Crippen molar-refractivity contribution in [2.24, 2.45) is 0 Å². The number of rotatable bonds is 5. The lowest BCUT2D eigenvalue weighted by molar-refractivity contribution is 0.102. The van der Waals surface area contributed by atoms with Gasteiger partial charge in [-0.15, -0.1) is 0 Å². The van der Waals surface area contributed by atoms with Crippen molar-refractivity contribution in [2.45, 2.75) is 20.4 Å². The summed E-state index contributed by atoms with van der Waals surface area (Å²) < 4.78 is 21.1. The van der Waals surface area contributed by atoms with Crippen LogP contribution >= 0.6 is 0 Å². The molecule has 0 saturated carbocycles. The first kappa shape index (κ1) is 17.7. The van der Waals surface area contributed by atoms with Gasteiger partial charge in [0.1, 0.15) is 11.6 Å². The summed E-state index contributed by atoms with van der Waals surface area (Å²) in [5.74, 6) is -0.327. The second kappa shape index (κ2) is 7.39. The number of aryl methyl sites for hydroxylation is 2. The van der Waals surface area contributed by atoms with E-state index in [1.807, 2.05) is 38.1 Å². The number of nitrogens with zero attached hydrogens (tertiary/aromatic N) is 2. The number of methoxy groups -OCH3 is 1. The van der Waals surface area contributed by atoms with E-state index in [-0.39, 0.29) is 11.6 Å². The van der Waals surface area contributed by atoms with Crippen molar-refractivity contribution in [1.82, 2.24) is 9.78 Å². The van der Waals surface area contributed by atoms with Gasteiger partial charge in [-0.25, -0.2) is 4.39 Å². The van der Waals surface area contributed by atoms with Gasteiger partial charge in [0, 0.05) is 23.9 Å². The Bertz CT molecular complexity index is 933. The van der Waals surface area contributed by atoms with Gasteiger partial charge in [0.2, 0.25) is 0 Å². The third kappa shape index (κ3) is 3.59. The molecule has 3 aromatic rings. The highest BCUT2D eigenvalue weighted by Gasteiger charge is 2.17. The molecule has 0 spiro atoms. The number of carbonyl (C=O) groups excluding carboxylic acids is 1. The highest BCUT2D eigenvalue weighted by atomic mass is 19.1. The summed E-state index contributed by atoms with van der Waals surface area (Å²) in [6.45, 7) is 4.38. The van der Waals surface area contributed by atoms with Crippen LogP contribution in [0.2, 0.25) is 0 Å². The van der Waals surface area contributed by atoms with E-state index in [9.17, 15) is 9.18 Å². The lowest BCUT2D eigenvalue weighted by Crippen LogP contribution is -2.13. The largest absolute Gasteiger partial charge is 0.497 e. The predicted octanol–water partition coefficient (Wildman–Crippen LogP) is 4.28. The Kier molecular flexibility index (Phi) is 5.02. The molecule has 0 saturated heterocycles. The van der Waals surface area contributed by atoms with Gasteiger partial charge in [0.25, 0.3) is 5.91 Å². The Morgan fingerprint density at radius 1 is 1.19 bits per heavy atom. The minimum Gasteiger partial charge on any atom is -0.497 e. The van der Waals surface area contributed by atoms with Crippen LogP contribution in [0.3, 0.4) is 0 Å². The molecule has 26 heavy (non-hydrogen) atoms. The Labute approximate surface area is 151 Å². The Morgan fingerprint density at radius 3 is 2.54 bits per heavy atom. The van der Waals surface area contributed by atoms with Crippen LogP contribution in [0.25, 0.3) is 11.3 Å². The summed E-state index contributed by atoms with van der Waals surface area (Å²) in [5, 5.41) is 7.11. The van der Waals surface area contributed by atoms with E-state index in [0.29, 0.717) is 29.2 Å². The van der Waals surface area contributed by atoms with Crippen LogP contribution in [0.5, 0.6) is 5.75 Å². The quantitative estimate of drug-likeness (QED) is 0.745. The number of hydrogen-bond acceptors (Lipinski definition) is 3. The van der Waals surface area contributed by atoms with Gasteiger partial charge in [0.15, 0.2) is 5.69 Å². The summed E-state index contributed by atoms with van der Waals surface area (Å²) >= 11 is 0. The molecule has 1 N–H and O–H groups in total. The van der Waals surface area contributed by atoms with E-state index < -0.39 is 5.82 Å².